The van der Waals surface area contributed by atoms with E-state index in [9.17, 15) is 0 Å². The van der Waals surface area contributed by atoms with Crippen molar-refractivity contribution in [1.82, 2.24) is 18.5 Å². The maximum atomic E-state index is 8.36. The fourth-order valence-electron chi connectivity index (χ4n) is 8.69. The monoisotopic (exact) mass is 926 g/mol. The minimum atomic E-state index is -2.15. The SMILES string of the molecule is [2H]C([2H])([2H])c1c2ccc(c1C)CCc1ccc(n3[c](=[Pt])n(-c4cccc(Oc5ccc6c7ccccc7n(-c7cc(C(C)C)c(-c8ccccc8)cn7)c6c5)c4)cc13)CC2. The summed E-state index contributed by atoms with van der Waals surface area (Å²) in [6.45, 7) is 4.31. The van der Waals surface area contributed by atoms with Gasteiger partial charge >= 0.3 is 265 Å². The third-order valence-corrected chi connectivity index (χ3v) is 12.8. The molecule has 0 radical (unpaired) electrons. The van der Waals surface area contributed by atoms with Crippen LogP contribution in [0.4, 0.5) is 0 Å². The minimum absolute atomic E-state index is 0.303. The molecule has 9 aromatic rings. The van der Waals surface area contributed by atoms with E-state index in [0.29, 0.717) is 17.9 Å². The van der Waals surface area contributed by atoms with Crippen LogP contribution in [0.2, 0.25) is 0 Å². The van der Waals surface area contributed by atoms with Crippen LogP contribution in [0.5, 0.6) is 11.5 Å². The van der Waals surface area contributed by atoms with Gasteiger partial charge in [0.1, 0.15) is 0 Å². The normalized spacial score (nSPS) is 13.9. The first kappa shape index (κ1) is 32.3. The van der Waals surface area contributed by atoms with Crippen LogP contribution in [0, 0.1) is 17.6 Å². The van der Waals surface area contributed by atoms with E-state index in [-0.39, 0.29) is 0 Å². The standard InChI is InChI=1S/C51H44N4O.Pt/c1-33(2)46-29-51(52-30-47(46)38-11-6-5-7-12-38)55-48-16-9-8-15-44(48)45-26-25-43(28-49(45)55)56-42-14-10-13-41(27-42)53-31-50-39-20-19-36-17-18-37(35(4)34(36)3)21-23-40(24-22-39)54(50)32-53;/h5-18,22,24-31,33H,19-21,23H2,1-4H3;/i4D3;. The number of benzene rings is 5. The summed E-state index contributed by atoms with van der Waals surface area (Å²) in [4.78, 5) is 5.09. The van der Waals surface area contributed by atoms with Crippen LogP contribution in [0.1, 0.15) is 63.0 Å². The summed E-state index contributed by atoms with van der Waals surface area (Å²) in [6.07, 6.45) is 7.20. The maximum absolute atomic E-state index is 8.36. The van der Waals surface area contributed by atoms with Gasteiger partial charge in [-0.25, -0.2) is 0 Å². The van der Waals surface area contributed by atoms with E-state index in [1.165, 1.54) is 22.1 Å². The Morgan fingerprint density at radius 2 is 1.42 bits per heavy atom. The van der Waals surface area contributed by atoms with Crippen molar-refractivity contribution in [1.29, 1.82) is 0 Å². The molecule has 6 heteroatoms. The zero-order valence-electron chi connectivity index (χ0n) is 35.2. The van der Waals surface area contributed by atoms with Gasteiger partial charge in [0.15, 0.2) is 0 Å². The molecule has 6 heterocycles. The summed E-state index contributed by atoms with van der Waals surface area (Å²) in [5.74, 6) is 2.66. The van der Waals surface area contributed by atoms with Gasteiger partial charge < -0.3 is 0 Å². The van der Waals surface area contributed by atoms with E-state index < -0.39 is 6.85 Å². The Balaban J connectivity index is 1.02. The Bertz CT molecular complexity index is 3190. The van der Waals surface area contributed by atoms with Gasteiger partial charge in [-0.2, -0.15) is 0 Å². The van der Waals surface area contributed by atoms with Gasteiger partial charge in [0.05, 0.1) is 0 Å². The van der Waals surface area contributed by atoms with Crippen molar-refractivity contribution in [3.8, 4) is 34.1 Å². The Morgan fingerprint density at radius 3 is 2.26 bits per heavy atom. The zero-order chi connectivity index (χ0) is 41.3. The molecule has 0 amide bonds. The van der Waals surface area contributed by atoms with E-state index in [2.05, 4.69) is 156 Å². The molecule has 284 valence electrons. The third-order valence-electron chi connectivity index (χ3n) is 11.8. The van der Waals surface area contributed by atoms with Crippen molar-refractivity contribution < 1.29 is 28.2 Å². The molecular formula is C51H44N4OPt. The molecule has 5 aromatic carbocycles. The van der Waals surface area contributed by atoms with Gasteiger partial charge in [0.25, 0.3) is 0 Å². The van der Waals surface area contributed by atoms with Crippen LogP contribution in [-0.4, -0.2) is 18.5 Å². The molecule has 0 saturated heterocycles. The van der Waals surface area contributed by atoms with E-state index in [0.717, 1.165) is 96.0 Å². The third kappa shape index (κ3) is 6.20. The molecule has 4 aromatic heterocycles. The summed E-state index contributed by atoms with van der Waals surface area (Å²) >= 11 is 2.43. The molecule has 4 aliphatic rings. The Hall–Kier alpha value is -5.77. The number of para-hydroxylation sites is 1. The summed E-state index contributed by atoms with van der Waals surface area (Å²) in [6, 6.07) is 44.5. The fraction of sp³-hybridized carbons (Fsp3) is 0.176. The van der Waals surface area contributed by atoms with Crippen molar-refractivity contribution in [3.05, 3.63) is 183 Å². The van der Waals surface area contributed by atoms with Gasteiger partial charge in [-0.05, 0) is 17.0 Å². The number of hydrogen-bond acceptors (Lipinski definition) is 2. The number of fused-ring (bicyclic) bond motifs is 3. The topological polar surface area (TPSA) is 36.4 Å². The molecule has 0 N–H and O–H groups in total. The number of nitrogens with zero attached hydrogens (tertiary/aromatic N) is 4. The van der Waals surface area contributed by atoms with E-state index in [1.807, 2.05) is 37.4 Å². The number of rotatable bonds is 6. The van der Waals surface area contributed by atoms with Crippen molar-refractivity contribution >= 4 is 27.3 Å². The number of pyridine rings is 2. The van der Waals surface area contributed by atoms with Gasteiger partial charge in [-0.15, -0.1) is 0 Å². The van der Waals surface area contributed by atoms with Crippen molar-refractivity contribution in [2.45, 2.75) is 59.2 Å². The predicted molar refractivity (Wildman–Crippen MR) is 229 cm³/mol. The first-order chi connectivity index (χ1) is 29.0. The molecule has 0 saturated carbocycles. The summed E-state index contributed by atoms with van der Waals surface area (Å²) < 4.78 is 39.7. The first-order valence-electron chi connectivity index (χ1n) is 21.2. The van der Waals surface area contributed by atoms with Crippen molar-refractivity contribution in [2.24, 2.45) is 0 Å². The van der Waals surface area contributed by atoms with E-state index in [4.69, 9.17) is 13.8 Å². The second kappa shape index (κ2) is 14.3. The molecule has 5 nitrogen and oxygen atoms in total. The van der Waals surface area contributed by atoms with Gasteiger partial charge in [0, 0.05) is 11.8 Å². The molecule has 2 aliphatic heterocycles. The number of aromatic nitrogens is 4. The second-order valence-electron chi connectivity index (χ2n) is 15.5. The fourth-order valence-corrected chi connectivity index (χ4v) is 9.73. The van der Waals surface area contributed by atoms with Crippen LogP contribution in [0.15, 0.2) is 140 Å². The molecule has 0 atom stereocenters. The quantitative estimate of drug-likeness (QED) is 0.167. The van der Waals surface area contributed by atoms with Crippen LogP contribution >= 0.6 is 0 Å². The van der Waals surface area contributed by atoms with Crippen LogP contribution < -0.4 is 4.74 Å². The molecule has 0 spiro atoms. The number of ether oxygens (including phenoxy) is 1. The van der Waals surface area contributed by atoms with Gasteiger partial charge in [-0.3, -0.25) is 0 Å². The average Bonchev–Trinajstić information content (AvgIpc) is 3.76. The first-order valence-corrected chi connectivity index (χ1v) is 20.9. The Kier molecular flexibility index (Phi) is 8.12. The average molecular weight is 927 g/mol. The molecule has 0 unspecified atom stereocenters. The van der Waals surface area contributed by atoms with E-state index >= 15 is 0 Å². The predicted octanol–water partition coefficient (Wildman–Crippen LogP) is 12.4. The summed E-state index contributed by atoms with van der Waals surface area (Å²) in [5.41, 5.74) is 13.7. The summed E-state index contributed by atoms with van der Waals surface area (Å²) in [5, 5.41) is 2.30. The van der Waals surface area contributed by atoms with Crippen LogP contribution in [0.3, 0.4) is 0 Å². The molecule has 2 aliphatic carbocycles. The molecule has 4 bridgehead atoms. The number of imidazole rings is 1. The molecule has 13 rings (SSSR count). The van der Waals surface area contributed by atoms with Crippen LogP contribution in [0.25, 0.3) is 50.0 Å². The van der Waals surface area contributed by atoms with Crippen LogP contribution in [-0.2, 0) is 45.0 Å². The van der Waals surface area contributed by atoms with E-state index in [1.54, 1.807) is 0 Å². The van der Waals surface area contributed by atoms with Gasteiger partial charge in [0.2, 0.25) is 0 Å². The van der Waals surface area contributed by atoms with Crippen molar-refractivity contribution in [3.63, 3.8) is 0 Å². The van der Waals surface area contributed by atoms with Gasteiger partial charge in [-0.1, -0.05) is 56.3 Å². The Labute approximate surface area is 348 Å². The Morgan fingerprint density at radius 1 is 0.684 bits per heavy atom. The zero-order valence-corrected chi connectivity index (χ0v) is 34.5. The van der Waals surface area contributed by atoms with Crippen molar-refractivity contribution in [2.75, 3.05) is 0 Å². The molecule has 0 fully saturated rings. The number of aryl methyl sites for hydroxylation is 4. The summed E-state index contributed by atoms with van der Waals surface area (Å²) in [7, 11) is 0. The second-order valence-corrected chi connectivity index (χ2v) is 16.5. The molecule has 57 heavy (non-hydrogen) atoms. The number of hydrogen-bond donors (Lipinski definition) is 0. The molecular weight excluding hydrogens is 880 g/mol.